The molecule has 0 spiro atoms. The first kappa shape index (κ1) is 81.3. The van der Waals surface area contributed by atoms with Gasteiger partial charge < -0.3 is 5.48 Å². The third-order valence-electron chi connectivity index (χ3n) is 0. The van der Waals surface area contributed by atoms with Crippen molar-refractivity contribution in [2.24, 2.45) is 0 Å². The summed E-state index contributed by atoms with van der Waals surface area (Å²) in [4.78, 5) is 0. The van der Waals surface area contributed by atoms with Crippen LogP contribution in [0.2, 0.25) is 0 Å². The Balaban J connectivity index is 0. The van der Waals surface area contributed by atoms with Gasteiger partial charge in [-0.25, -0.2) is 0 Å². The quantitative estimate of drug-likeness (QED) is 0.274. The predicted octanol–water partition coefficient (Wildman–Crippen LogP) is -0.511. The van der Waals surface area contributed by atoms with Crippen LogP contribution in [0.5, 0.6) is 0 Å². The molecule has 0 fully saturated rings. The average molecular weight is 75.0 g/mol. The van der Waals surface area contributed by atoms with E-state index in [0.29, 0.717) is 0 Å². The van der Waals surface area contributed by atoms with Crippen molar-refractivity contribution in [3.63, 3.8) is 0 Å². The van der Waals surface area contributed by atoms with E-state index in [4.69, 9.17) is 0 Å². The van der Waals surface area contributed by atoms with E-state index in [1.54, 1.807) is 0 Å². The predicted molar refractivity (Wildman–Crippen MR) is 27.2 cm³/mol. The van der Waals surface area contributed by atoms with Crippen LogP contribution in [0.15, 0.2) is 0 Å². The maximum Gasteiger partial charge on any atom is 0 e. The van der Waals surface area contributed by atoms with Crippen molar-refractivity contribution in [1.29, 1.82) is 0 Å². The molecule has 25 valence electrons. The zero-order valence-electron chi connectivity index (χ0n) is 2.21. The normalized spacial score (nSPS) is 0. The summed E-state index contributed by atoms with van der Waals surface area (Å²) >= 11 is 0. The summed E-state index contributed by atoms with van der Waals surface area (Å²) in [6.45, 7) is 0. The Morgan fingerprint density at radius 1 is 1.00 bits per heavy atom. The van der Waals surface area contributed by atoms with Crippen molar-refractivity contribution in [2.75, 3.05) is 0 Å². The van der Waals surface area contributed by atoms with Crippen LogP contribution in [0.4, 0.5) is 0 Å². The fourth-order valence-corrected chi connectivity index (χ4v) is 0. The Hall–Kier alpha value is 0.987. The summed E-state index contributed by atoms with van der Waals surface area (Å²) < 4.78 is 0. The van der Waals surface area contributed by atoms with E-state index in [2.05, 4.69) is 0 Å². The molecule has 1 radical (unpaired) electrons. The van der Waals surface area contributed by atoms with Gasteiger partial charge in [0.15, 0.2) is 0 Å². The summed E-state index contributed by atoms with van der Waals surface area (Å²) in [6, 6.07) is 0. The van der Waals surface area contributed by atoms with Gasteiger partial charge in [0.25, 0.3) is 0 Å². The van der Waals surface area contributed by atoms with Crippen LogP contribution in [0.3, 0.4) is 0 Å². The second-order valence-electron chi connectivity index (χ2n) is 0. The summed E-state index contributed by atoms with van der Waals surface area (Å²) in [5, 5.41) is 0. The molecule has 0 aliphatic rings. The summed E-state index contributed by atoms with van der Waals surface area (Å²) in [6.07, 6.45) is 0. The minimum atomic E-state index is 0. The van der Waals surface area contributed by atoms with E-state index in [9.17, 15) is 0 Å². The van der Waals surface area contributed by atoms with Gasteiger partial charge in [0.1, 0.15) is 0 Å². The molecule has 0 saturated carbocycles. The smallest absolute Gasteiger partial charge is 0 e. The van der Waals surface area contributed by atoms with Crippen molar-refractivity contribution in [2.45, 2.75) is 7.43 Å². The second-order valence-corrected chi connectivity index (χ2v) is 0. The van der Waals surface area contributed by atoms with Gasteiger partial charge in [-0.3, -0.25) is 0 Å². The van der Waals surface area contributed by atoms with Crippen LogP contribution in [0, 0.1) is 0 Å². The molecule has 1 nitrogen and oxygen atoms in total. The number of rotatable bonds is 0. The van der Waals surface area contributed by atoms with E-state index in [0.717, 1.165) is 0 Å². The van der Waals surface area contributed by atoms with Crippen molar-refractivity contribution in [3.8, 4) is 0 Å². The van der Waals surface area contributed by atoms with Crippen LogP contribution >= 0.6 is 9.90 Å². The molecule has 1 unspecified atom stereocenters. The van der Waals surface area contributed by atoms with Crippen LogP contribution in [-0.2, 0) is 0 Å². The Bertz CT molecular complexity index is 8.00. The van der Waals surface area contributed by atoms with Crippen LogP contribution < -0.4 is 0 Å². The molecule has 0 amide bonds. The fraction of sp³-hybridized carbons (Fsp3) is 1.00. The number of hydrogen-bond acceptors (Lipinski definition) is 0. The zero-order chi connectivity index (χ0) is 0. The first-order valence-electron chi connectivity index (χ1n) is 0. The third kappa shape index (κ3) is 12.1. The van der Waals surface area contributed by atoms with Crippen molar-refractivity contribution in [3.05, 3.63) is 0 Å². The van der Waals surface area contributed by atoms with Crippen LogP contribution in [-0.4, -0.2) is 24.3 Å². The molecule has 0 saturated heterocycles. The largest absolute Gasteiger partial charge is 0.412 e. The van der Waals surface area contributed by atoms with E-state index in [1.807, 2.05) is 0 Å². The molecule has 0 aliphatic heterocycles. The summed E-state index contributed by atoms with van der Waals surface area (Å²) in [7, 11) is 0. The van der Waals surface area contributed by atoms with Gasteiger partial charge in [0.2, 0.25) is 0 Å². The van der Waals surface area contributed by atoms with Crippen LogP contribution in [0.1, 0.15) is 7.43 Å². The first-order chi connectivity index (χ1) is 0. The van der Waals surface area contributed by atoms with Crippen molar-refractivity contribution < 1.29 is 5.48 Å². The van der Waals surface area contributed by atoms with Crippen molar-refractivity contribution >= 4 is 28.8 Å². The SMILES string of the molecule is C.O.P.[Li]. The average Bonchev–Trinajstić information content (AvgIpc) is 0. The minimum Gasteiger partial charge on any atom is -0.412 e. The molecule has 0 rings (SSSR count). The maximum atomic E-state index is 0. The second kappa shape index (κ2) is 36.5. The molecule has 0 heterocycles. The zero-order valence-corrected chi connectivity index (χ0v) is 3.62. The van der Waals surface area contributed by atoms with Gasteiger partial charge in [-0.15, -0.1) is 0 Å². The Morgan fingerprint density at radius 2 is 1.00 bits per heavy atom. The van der Waals surface area contributed by atoms with Crippen molar-refractivity contribution in [1.82, 2.24) is 0 Å². The maximum absolute atomic E-state index is 0. The monoisotopic (exact) mass is 75.1 g/mol. The Morgan fingerprint density at radius 3 is 1.00 bits per heavy atom. The number of hydrogen-bond donors (Lipinski definition) is 0. The summed E-state index contributed by atoms with van der Waals surface area (Å²) in [5.41, 5.74) is 0. The topological polar surface area (TPSA) is 31.5 Å². The molecule has 3 heteroatoms. The molecule has 1 atom stereocenters. The Kier molecular flexibility index (Phi) is 742. The van der Waals surface area contributed by atoms with Gasteiger partial charge >= 0.3 is 0 Å². The van der Waals surface area contributed by atoms with E-state index in [-0.39, 0.29) is 41.7 Å². The Labute approximate surface area is 42.3 Å². The van der Waals surface area contributed by atoms with Gasteiger partial charge in [0.05, 0.1) is 0 Å². The third-order valence-corrected chi connectivity index (χ3v) is 0. The van der Waals surface area contributed by atoms with Gasteiger partial charge in [-0.2, -0.15) is 9.90 Å². The molecular formula is CH9LiOP. The standard InChI is InChI=1S/CH4.Li.H2O.H3P/h1H4;;1H2;1H3. The van der Waals surface area contributed by atoms with E-state index >= 15 is 0 Å². The van der Waals surface area contributed by atoms with E-state index in [1.165, 1.54) is 0 Å². The van der Waals surface area contributed by atoms with Gasteiger partial charge in [-0.05, 0) is 0 Å². The molecule has 0 aliphatic carbocycles. The molecule has 0 aromatic heterocycles. The van der Waals surface area contributed by atoms with Crippen LogP contribution in [0.25, 0.3) is 0 Å². The first-order valence-corrected chi connectivity index (χ1v) is 0. The fourth-order valence-electron chi connectivity index (χ4n) is 0. The molecule has 0 aromatic carbocycles. The molecule has 4 heavy (non-hydrogen) atoms. The summed E-state index contributed by atoms with van der Waals surface area (Å²) in [5.74, 6) is 0. The molecular weight excluding hydrogens is 65.9 g/mol. The van der Waals surface area contributed by atoms with Gasteiger partial charge in [0, 0.05) is 18.9 Å². The molecule has 0 bridgehead atoms. The molecule has 0 aromatic rings. The van der Waals surface area contributed by atoms with Gasteiger partial charge in [-0.1, -0.05) is 7.43 Å². The minimum absolute atomic E-state index is 0. The van der Waals surface area contributed by atoms with E-state index < -0.39 is 0 Å². The molecule has 2 N–H and O–H groups in total.